The van der Waals surface area contributed by atoms with Gasteiger partial charge in [0.05, 0.1) is 25.6 Å². The first kappa shape index (κ1) is 14.5. The van der Waals surface area contributed by atoms with Crippen molar-refractivity contribution in [1.29, 1.82) is 0 Å². The van der Waals surface area contributed by atoms with Crippen LogP contribution >= 0.6 is 7.60 Å². The van der Waals surface area contributed by atoms with E-state index in [9.17, 15) is 9.67 Å². The van der Waals surface area contributed by atoms with Gasteiger partial charge in [0.15, 0.2) is 0 Å². The van der Waals surface area contributed by atoms with Crippen molar-refractivity contribution in [3.05, 3.63) is 24.2 Å². The molecule has 0 saturated heterocycles. The number of rotatable bonds is 7. The smallest absolute Gasteiger partial charge is 0.343 e. The fraction of sp³-hybridized carbons (Fsp3) is 0.636. The Labute approximate surface area is 101 Å². The Morgan fingerprint density at radius 2 is 2.00 bits per heavy atom. The highest BCUT2D eigenvalue weighted by atomic mass is 31.2. The molecule has 6 heteroatoms. The van der Waals surface area contributed by atoms with E-state index < -0.39 is 19.4 Å². The number of furan rings is 1. The third-order valence-corrected chi connectivity index (χ3v) is 4.85. The summed E-state index contributed by atoms with van der Waals surface area (Å²) in [5.74, 6) is 0.408. The first-order valence-electron chi connectivity index (χ1n) is 5.65. The minimum absolute atomic E-state index is 0.251. The Hall–Kier alpha value is -0.610. The van der Waals surface area contributed by atoms with Gasteiger partial charge in [-0.05, 0) is 32.9 Å². The van der Waals surface area contributed by atoms with Gasteiger partial charge in [0.1, 0.15) is 11.4 Å². The van der Waals surface area contributed by atoms with Crippen molar-refractivity contribution >= 4 is 7.60 Å². The molecular weight excluding hydrogens is 243 g/mol. The largest absolute Gasteiger partial charge is 0.468 e. The van der Waals surface area contributed by atoms with Crippen LogP contribution in [0.1, 0.15) is 32.2 Å². The number of hydrogen-bond acceptors (Lipinski definition) is 5. The van der Waals surface area contributed by atoms with Crippen molar-refractivity contribution in [2.75, 3.05) is 13.2 Å². The molecular formula is C11H19O5P. The maximum absolute atomic E-state index is 12.6. The Balaban J connectivity index is 3.06. The van der Waals surface area contributed by atoms with E-state index in [2.05, 4.69) is 0 Å². The molecule has 0 aliphatic carbocycles. The Morgan fingerprint density at radius 3 is 2.35 bits per heavy atom. The van der Waals surface area contributed by atoms with Crippen LogP contribution in [0.3, 0.4) is 0 Å². The van der Waals surface area contributed by atoms with Gasteiger partial charge in [-0.15, -0.1) is 0 Å². The highest BCUT2D eigenvalue weighted by Crippen LogP contribution is 2.62. The molecule has 1 aromatic rings. The first-order valence-corrected chi connectivity index (χ1v) is 7.26. The van der Waals surface area contributed by atoms with Crippen LogP contribution in [0.4, 0.5) is 0 Å². The van der Waals surface area contributed by atoms with E-state index in [-0.39, 0.29) is 13.2 Å². The molecule has 0 bridgehead atoms. The van der Waals surface area contributed by atoms with Crippen molar-refractivity contribution in [3.63, 3.8) is 0 Å². The summed E-state index contributed by atoms with van der Waals surface area (Å²) in [4.78, 5) is 0. The fourth-order valence-corrected chi connectivity index (χ4v) is 3.78. The summed E-state index contributed by atoms with van der Waals surface area (Å²) in [5, 5.41) is 9.78. The molecule has 98 valence electrons. The summed E-state index contributed by atoms with van der Waals surface area (Å²) in [7, 11) is -3.42. The molecule has 5 nitrogen and oxygen atoms in total. The van der Waals surface area contributed by atoms with Crippen LogP contribution in [0.5, 0.6) is 0 Å². The van der Waals surface area contributed by atoms with Crippen LogP contribution in [0, 0.1) is 0 Å². The second kappa shape index (κ2) is 6.36. The van der Waals surface area contributed by atoms with E-state index in [0.29, 0.717) is 5.76 Å². The Morgan fingerprint density at radius 1 is 1.41 bits per heavy atom. The van der Waals surface area contributed by atoms with E-state index in [1.54, 1.807) is 26.0 Å². The molecule has 0 aliphatic heterocycles. The van der Waals surface area contributed by atoms with Crippen molar-refractivity contribution in [3.8, 4) is 0 Å². The average molecular weight is 262 g/mol. The topological polar surface area (TPSA) is 68.9 Å². The second-order valence-electron chi connectivity index (χ2n) is 3.58. The molecule has 0 saturated carbocycles. The lowest BCUT2D eigenvalue weighted by Crippen LogP contribution is -2.17. The summed E-state index contributed by atoms with van der Waals surface area (Å²) in [5.41, 5.74) is -0.794. The lowest BCUT2D eigenvalue weighted by Gasteiger charge is -2.26. The molecule has 0 aliphatic rings. The van der Waals surface area contributed by atoms with Crippen LogP contribution in [0.25, 0.3) is 0 Å². The molecule has 1 heterocycles. The second-order valence-corrected chi connectivity index (χ2v) is 5.73. The number of aliphatic hydroxyl groups is 1. The zero-order valence-electron chi connectivity index (χ0n) is 10.3. The molecule has 0 spiro atoms. The standard InChI is InChI=1S/C11H19O5P/c1-4-15-17(13,16-5-2)11(9(3)12)10-7-6-8-14-10/h6-9,11-12H,4-5H2,1-3H3. The summed E-state index contributed by atoms with van der Waals surface area (Å²) >= 11 is 0. The highest BCUT2D eigenvalue weighted by molar-refractivity contribution is 7.54. The van der Waals surface area contributed by atoms with Crippen molar-refractivity contribution in [2.24, 2.45) is 0 Å². The first-order chi connectivity index (χ1) is 8.05. The molecule has 17 heavy (non-hydrogen) atoms. The molecule has 2 unspecified atom stereocenters. The SMILES string of the molecule is CCOP(=O)(OCC)C(c1ccco1)C(C)O. The summed E-state index contributed by atoms with van der Waals surface area (Å²) in [6.45, 7) is 5.50. The molecule has 0 radical (unpaired) electrons. The van der Waals surface area contributed by atoms with Gasteiger partial charge in [-0.1, -0.05) is 0 Å². The van der Waals surface area contributed by atoms with Gasteiger partial charge in [-0.2, -0.15) is 0 Å². The van der Waals surface area contributed by atoms with Crippen molar-refractivity contribution in [1.82, 2.24) is 0 Å². The molecule has 1 aromatic heterocycles. The van der Waals surface area contributed by atoms with E-state index in [1.807, 2.05) is 0 Å². The minimum Gasteiger partial charge on any atom is -0.468 e. The molecule has 0 fully saturated rings. The third-order valence-electron chi connectivity index (χ3n) is 2.25. The normalized spacial score (nSPS) is 15.8. The van der Waals surface area contributed by atoms with Crippen LogP contribution in [-0.2, 0) is 13.6 Å². The predicted molar refractivity (Wildman–Crippen MR) is 64.0 cm³/mol. The number of hydrogen-bond donors (Lipinski definition) is 1. The quantitative estimate of drug-likeness (QED) is 0.765. The zero-order valence-corrected chi connectivity index (χ0v) is 11.2. The Kier molecular flexibility index (Phi) is 5.40. The molecule has 1 N–H and O–H groups in total. The fourth-order valence-electron chi connectivity index (χ4n) is 1.68. The van der Waals surface area contributed by atoms with E-state index in [4.69, 9.17) is 13.5 Å². The van der Waals surface area contributed by atoms with Gasteiger partial charge in [0.25, 0.3) is 0 Å². The van der Waals surface area contributed by atoms with Gasteiger partial charge >= 0.3 is 7.60 Å². The van der Waals surface area contributed by atoms with Gasteiger partial charge in [-0.3, -0.25) is 4.57 Å². The van der Waals surface area contributed by atoms with Crippen LogP contribution in [0.15, 0.2) is 22.8 Å². The van der Waals surface area contributed by atoms with Gasteiger partial charge in [0, 0.05) is 0 Å². The van der Waals surface area contributed by atoms with E-state index in [0.717, 1.165) is 0 Å². The molecule has 1 rings (SSSR count). The molecule has 0 aromatic carbocycles. The predicted octanol–water partition coefficient (Wildman–Crippen LogP) is 2.97. The lowest BCUT2D eigenvalue weighted by atomic mass is 10.2. The summed E-state index contributed by atoms with van der Waals surface area (Å²) in [6.07, 6.45) is 0.581. The zero-order chi connectivity index (χ0) is 12.9. The van der Waals surface area contributed by atoms with Crippen molar-refractivity contribution in [2.45, 2.75) is 32.5 Å². The summed E-state index contributed by atoms with van der Waals surface area (Å²) < 4.78 is 28.3. The van der Waals surface area contributed by atoms with Gasteiger partial charge < -0.3 is 18.6 Å². The maximum atomic E-state index is 12.6. The minimum atomic E-state index is -3.42. The highest BCUT2D eigenvalue weighted by Gasteiger charge is 2.42. The van der Waals surface area contributed by atoms with Gasteiger partial charge in [-0.25, -0.2) is 0 Å². The maximum Gasteiger partial charge on any atom is 0.343 e. The number of aliphatic hydroxyl groups excluding tert-OH is 1. The van der Waals surface area contributed by atoms with Crippen LogP contribution in [0.2, 0.25) is 0 Å². The molecule has 2 atom stereocenters. The monoisotopic (exact) mass is 262 g/mol. The Bertz CT molecular complexity index is 350. The van der Waals surface area contributed by atoms with E-state index in [1.165, 1.54) is 13.2 Å². The third kappa shape index (κ3) is 3.42. The van der Waals surface area contributed by atoms with Crippen molar-refractivity contribution < 1.29 is 23.1 Å². The lowest BCUT2D eigenvalue weighted by molar-refractivity contribution is 0.143. The van der Waals surface area contributed by atoms with Crippen LogP contribution in [-0.4, -0.2) is 24.4 Å². The van der Waals surface area contributed by atoms with Crippen LogP contribution < -0.4 is 0 Å². The summed E-state index contributed by atoms with van der Waals surface area (Å²) in [6, 6.07) is 3.33. The average Bonchev–Trinajstić information content (AvgIpc) is 2.70. The van der Waals surface area contributed by atoms with Gasteiger partial charge in [0.2, 0.25) is 0 Å². The van der Waals surface area contributed by atoms with E-state index >= 15 is 0 Å². The molecule has 0 amide bonds.